The van der Waals surface area contributed by atoms with Gasteiger partial charge in [-0.3, -0.25) is 0 Å². The number of nitrogens with one attached hydrogen (secondary N) is 1. The first-order chi connectivity index (χ1) is 6.93. The third-order valence-corrected chi connectivity index (χ3v) is 1.59. The number of hydrogen-bond donors (Lipinski definition) is 2. The highest BCUT2D eigenvalue weighted by Gasteiger charge is 2.33. The van der Waals surface area contributed by atoms with Gasteiger partial charge in [0.05, 0.1) is 0 Å². The lowest BCUT2D eigenvalue weighted by Gasteiger charge is -2.09. The maximum atomic E-state index is 12.3. The van der Waals surface area contributed by atoms with Gasteiger partial charge in [-0.05, 0) is 6.42 Å². The van der Waals surface area contributed by atoms with Gasteiger partial charge in [0.1, 0.15) is 5.82 Å². The zero-order chi connectivity index (χ0) is 11.5. The summed E-state index contributed by atoms with van der Waals surface area (Å²) >= 11 is 0. The highest BCUT2D eigenvalue weighted by atomic mass is 19.4. The van der Waals surface area contributed by atoms with Gasteiger partial charge in [0.15, 0.2) is 5.69 Å². The first kappa shape index (κ1) is 11.5. The summed E-state index contributed by atoms with van der Waals surface area (Å²) < 4.78 is 36.9. The van der Waals surface area contributed by atoms with E-state index in [4.69, 9.17) is 5.73 Å². The standard InChI is InChI=1S/C8H11F3N4/c1-2-3-13-6-4-5(8(9,10)11)14-7(12)15-6/h4H,2-3H2,1H3,(H3,12,13,14,15). The van der Waals surface area contributed by atoms with Crippen molar-refractivity contribution in [2.75, 3.05) is 17.6 Å². The quantitative estimate of drug-likeness (QED) is 0.816. The molecule has 0 aromatic carbocycles. The molecule has 84 valence electrons. The summed E-state index contributed by atoms with van der Waals surface area (Å²) in [4.78, 5) is 6.76. The molecule has 0 aliphatic rings. The minimum atomic E-state index is -4.50. The van der Waals surface area contributed by atoms with E-state index in [2.05, 4.69) is 15.3 Å². The molecule has 0 spiro atoms. The van der Waals surface area contributed by atoms with Gasteiger partial charge < -0.3 is 11.1 Å². The van der Waals surface area contributed by atoms with Crippen LogP contribution in [0, 0.1) is 0 Å². The SMILES string of the molecule is CCCNc1cc(C(F)(F)F)nc(N)n1. The molecule has 0 aliphatic heterocycles. The number of rotatable bonds is 3. The van der Waals surface area contributed by atoms with Crippen LogP contribution in [0.25, 0.3) is 0 Å². The van der Waals surface area contributed by atoms with Gasteiger partial charge in [0.25, 0.3) is 0 Å². The van der Waals surface area contributed by atoms with Crippen LogP contribution in [-0.4, -0.2) is 16.5 Å². The predicted molar refractivity (Wildman–Crippen MR) is 50.2 cm³/mol. The first-order valence-electron chi connectivity index (χ1n) is 4.39. The molecule has 3 N–H and O–H groups in total. The van der Waals surface area contributed by atoms with E-state index in [0.717, 1.165) is 12.5 Å². The van der Waals surface area contributed by atoms with Gasteiger partial charge in [-0.15, -0.1) is 0 Å². The zero-order valence-corrected chi connectivity index (χ0v) is 8.10. The third-order valence-electron chi connectivity index (χ3n) is 1.59. The molecule has 0 unspecified atom stereocenters. The lowest BCUT2D eigenvalue weighted by Crippen LogP contribution is -2.13. The van der Waals surface area contributed by atoms with E-state index in [9.17, 15) is 13.2 Å². The molecule has 0 saturated heterocycles. The van der Waals surface area contributed by atoms with Crippen molar-refractivity contribution >= 4 is 11.8 Å². The van der Waals surface area contributed by atoms with Gasteiger partial charge >= 0.3 is 6.18 Å². The number of nitrogens with two attached hydrogens (primary N) is 1. The van der Waals surface area contributed by atoms with E-state index < -0.39 is 11.9 Å². The van der Waals surface area contributed by atoms with Crippen LogP contribution in [0.4, 0.5) is 24.9 Å². The Morgan fingerprint density at radius 1 is 1.40 bits per heavy atom. The van der Waals surface area contributed by atoms with E-state index in [0.29, 0.717) is 6.54 Å². The van der Waals surface area contributed by atoms with Crippen molar-refractivity contribution in [3.05, 3.63) is 11.8 Å². The largest absolute Gasteiger partial charge is 0.433 e. The van der Waals surface area contributed by atoms with Crippen LogP contribution >= 0.6 is 0 Å². The lowest BCUT2D eigenvalue weighted by atomic mass is 10.3. The second-order valence-electron chi connectivity index (χ2n) is 2.92. The molecule has 1 aromatic heterocycles. The number of aromatic nitrogens is 2. The third kappa shape index (κ3) is 3.26. The minimum Gasteiger partial charge on any atom is -0.370 e. The van der Waals surface area contributed by atoms with Gasteiger partial charge in [-0.25, -0.2) is 4.98 Å². The molecule has 1 aromatic rings. The average Bonchev–Trinajstić information content (AvgIpc) is 2.12. The molecular weight excluding hydrogens is 209 g/mol. The monoisotopic (exact) mass is 220 g/mol. The molecule has 0 bridgehead atoms. The second-order valence-corrected chi connectivity index (χ2v) is 2.92. The molecule has 0 fully saturated rings. The van der Waals surface area contributed by atoms with E-state index in [1.165, 1.54) is 0 Å². The number of halogens is 3. The van der Waals surface area contributed by atoms with Crippen LogP contribution in [0.1, 0.15) is 19.0 Å². The number of nitrogens with zero attached hydrogens (tertiary/aromatic N) is 2. The number of alkyl halides is 3. The summed E-state index contributed by atoms with van der Waals surface area (Å²) in [5, 5.41) is 2.72. The summed E-state index contributed by atoms with van der Waals surface area (Å²) in [5.74, 6) is -0.292. The van der Waals surface area contributed by atoms with Crippen molar-refractivity contribution < 1.29 is 13.2 Å². The summed E-state index contributed by atoms with van der Waals surface area (Å²) in [6.45, 7) is 2.43. The second kappa shape index (κ2) is 4.33. The van der Waals surface area contributed by atoms with Crippen LogP contribution in [0.3, 0.4) is 0 Å². The van der Waals surface area contributed by atoms with Gasteiger partial charge in [0.2, 0.25) is 5.95 Å². The maximum Gasteiger partial charge on any atom is 0.433 e. The van der Waals surface area contributed by atoms with Crippen molar-refractivity contribution in [3.8, 4) is 0 Å². The topological polar surface area (TPSA) is 63.8 Å². The maximum absolute atomic E-state index is 12.3. The summed E-state index contributed by atoms with van der Waals surface area (Å²) in [7, 11) is 0. The van der Waals surface area contributed by atoms with Crippen molar-refractivity contribution in [2.24, 2.45) is 0 Å². The molecular formula is C8H11F3N4. The Kier molecular flexibility index (Phi) is 3.33. The Morgan fingerprint density at radius 2 is 2.07 bits per heavy atom. The fourth-order valence-electron chi connectivity index (χ4n) is 0.955. The molecule has 1 heterocycles. The van der Waals surface area contributed by atoms with Crippen LogP contribution in [0.5, 0.6) is 0 Å². The Bertz CT molecular complexity index is 337. The summed E-state index contributed by atoms with van der Waals surface area (Å²) in [6.07, 6.45) is -3.72. The number of hydrogen-bond acceptors (Lipinski definition) is 4. The molecule has 0 aliphatic carbocycles. The first-order valence-corrected chi connectivity index (χ1v) is 4.39. The van der Waals surface area contributed by atoms with E-state index in [1.807, 2.05) is 6.92 Å². The molecule has 1 rings (SSSR count). The Labute approximate surface area is 84.7 Å². The van der Waals surface area contributed by atoms with Crippen LogP contribution < -0.4 is 11.1 Å². The molecule has 15 heavy (non-hydrogen) atoms. The Balaban J connectivity index is 2.95. The zero-order valence-electron chi connectivity index (χ0n) is 8.10. The lowest BCUT2D eigenvalue weighted by molar-refractivity contribution is -0.141. The number of anilines is 2. The van der Waals surface area contributed by atoms with Crippen LogP contribution in [0.2, 0.25) is 0 Å². The minimum absolute atomic E-state index is 0.0941. The molecule has 0 radical (unpaired) electrons. The van der Waals surface area contributed by atoms with Gasteiger partial charge in [-0.2, -0.15) is 18.2 Å². The van der Waals surface area contributed by atoms with E-state index in [1.54, 1.807) is 0 Å². The molecule has 7 heteroatoms. The Morgan fingerprint density at radius 3 is 2.60 bits per heavy atom. The fourth-order valence-corrected chi connectivity index (χ4v) is 0.955. The van der Waals surface area contributed by atoms with E-state index in [-0.39, 0.29) is 11.8 Å². The van der Waals surface area contributed by atoms with Crippen molar-refractivity contribution in [1.29, 1.82) is 0 Å². The summed E-state index contributed by atoms with van der Waals surface area (Å²) in [5.41, 5.74) is 4.13. The average molecular weight is 220 g/mol. The highest BCUT2D eigenvalue weighted by molar-refractivity contribution is 5.41. The van der Waals surface area contributed by atoms with Crippen LogP contribution in [0.15, 0.2) is 6.07 Å². The predicted octanol–water partition coefficient (Wildman–Crippen LogP) is 1.90. The van der Waals surface area contributed by atoms with Gasteiger partial charge in [-0.1, -0.05) is 6.92 Å². The fraction of sp³-hybridized carbons (Fsp3) is 0.500. The molecule has 4 nitrogen and oxygen atoms in total. The molecule has 0 saturated carbocycles. The molecule has 0 amide bonds. The van der Waals surface area contributed by atoms with Crippen LogP contribution in [-0.2, 0) is 6.18 Å². The van der Waals surface area contributed by atoms with Crippen molar-refractivity contribution in [3.63, 3.8) is 0 Å². The Hall–Kier alpha value is -1.53. The highest BCUT2D eigenvalue weighted by Crippen LogP contribution is 2.29. The normalized spacial score (nSPS) is 11.5. The van der Waals surface area contributed by atoms with Crippen molar-refractivity contribution in [2.45, 2.75) is 19.5 Å². The van der Waals surface area contributed by atoms with Gasteiger partial charge in [0, 0.05) is 12.6 Å². The number of nitrogen functional groups attached to an aromatic ring is 1. The smallest absolute Gasteiger partial charge is 0.370 e. The molecule has 0 atom stereocenters. The van der Waals surface area contributed by atoms with Crippen molar-refractivity contribution in [1.82, 2.24) is 9.97 Å². The summed E-state index contributed by atoms with van der Waals surface area (Å²) in [6, 6.07) is 0.839. The van der Waals surface area contributed by atoms with E-state index >= 15 is 0 Å².